The Morgan fingerprint density at radius 3 is 2.75 bits per heavy atom. The molecule has 9 nitrogen and oxygen atoms in total. The Hall–Kier alpha value is -2.97. The zero-order chi connectivity index (χ0) is 20.1. The van der Waals surface area contributed by atoms with E-state index >= 15 is 0 Å². The number of likely N-dealkylation sites (tertiary alicyclic amines) is 1. The highest BCUT2D eigenvalue weighted by Crippen LogP contribution is 2.16. The molecule has 1 saturated heterocycles. The largest absolute Gasteiger partial charge is 0.403 e. The average molecular weight is 388 g/mol. The van der Waals surface area contributed by atoms with Crippen LogP contribution in [0.5, 0.6) is 6.01 Å². The number of H-pyrrole nitrogens is 1. The van der Waals surface area contributed by atoms with Crippen molar-refractivity contribution in [1.29, 1.82) is 0 Å². The van der Waals surface area contributed by atoms with Crippen LogP contribution in [0.2, 0.25) is 0 Å². The summed E-state index contributed by atoms with van der Waals surface area (Å²) >= 11 is 0. The first kappa shape index (κ1) is 19.8. The first-order valence-corrected chi connectivity index (χ1v) is 9.53. The summed E-state index contributed by atoms with van der Waals surface area (Å²) in [6.07, 6.45) is 4.71. The summed E-state index contributed by atoms with van der Waals surface area (Å²) < 4.78 is 5.10. The van der Waals surface area contributed by atoms with Crippen LogP contribution in [0.4, 0.5) is 0 Å². The standard InChI is InChI=1S/C19H24N4O5/c1-3-4-5-6-13-11-15(25)27-18-16(13)17(26)20-19(21-18)28-22-14-7-9-23(10-8-14)12(2)24/h11H,3-10H2,1-2H3,(H,20,21,26). The summed E-state index contributed by atoms with van der Waals surface area (Å²) in [5, 5.41) is 4.30. The molecule has 1 fully saturated rings. The van der Waals surface area contributed by atoms with E-state index in [9.17, 15) is 14.4 Å². The molecule has 0 atom stereocenters. The van der Waals surface area contributed by atoms with E-state index in [0.29, 0.717) is 37.9 Å². The van der Waals surface area contributed by atoms with Crippen molar-refractivity contribution >= 4 is 22.7 Å². The van der Waals surface area contributed by atoms with Crippen molar-refractivity contribution in [3.05, 3.63) is 32.4 Å². The molecule has 1 N–H and O–H groups in total. The number of piperidine rings is 1. The van der Waals surface area contributed by atoms with Gasteiger partial charge in [-0.25, -0.2) is 4.79 Å². The molecule has 2 aromatic rings. The van der Waals surface area contributed by atoms with Crippen LogP contribution in [0.3, 0.4) is 0 Å². The Labute approximate surface area is 161 Å². The highest BCUT2D eigenvalue weighted by molar-refractivity contribution is 5.87. The van der Waals surface area contributed by atoms with Crippen molar-refractivity contribution in [1.82, 2.24) is 14.9 Å². The number of amides is 1. The number of nitrogens with one attached hydrogen (secondary N) is 1. The van der Waals surface area contributed by atoms with Gasteiger partial charge in [-0.15, -0.1) is 0 Å². The van der Waals surface area contributed by atoms with Crippen LogP contribution in [-0.2, 0) is 11.2 Å². The molecule has 3 rings (SSSR count). The van der Waals surface area contributed by atoms with Gasteiger partial charge in [0.25, 0.3) is 5.56 Å². The van der Waals surface area contributed by atoms with Gasteiger partial charge in [0, 0.05) is 38.9 Å². The summed E-state index contributed by atoms with van der Waals surface area (Å²) in [7, 11) is 0. The van der Waals surface area contributed by atoms with E-state index in [1.54, 1.807) is 4.90 Å². The molecule has 0 saturated carbocycles. The van der Waals surface area contributed by atoms with Gasteiger partial charge in [0.05, 0.1) is 5.71 Å². The maximum Gasteiger partial charge on any atom is 0.337 e. The third kappa shape index (κ3) is 4.65. The minimum Gasteiger partial charge on any atom is -0.403 e. The first-order chi connectivity index (χ1) is 13.5. The molecular weight excluding hydrogens is 364 g/mol. The van der Waals surface area contributed by atoms with Crippen molar-refractivity contribution in [3.8, 4) is 6.01 Å². The number of aryl methyl sites for hydroxylation is 1. The van der Waals surface area contributed by atoms with Crippen molar-refractivity contribution in [3.63, 3.8) is 0 Å². The van der Waals surface area contributed by atoms with E-state index in [4.69, 9.17) is 9.25 Å². The van der Waals surface area contributed by atoms with Crippen LogP contribution in [0.1, 0.15) is 51.5 Å². The fraction of sp³-hybridized carbons (Fsp3) is 0.526. The molecule has 3 heterocycles. The number of aromatic nitrogens is 2. The second-order valence-corrected chi connectivity index (χ2v) is 6.85. The molecule has 9 heteroatoms. The number of oxime groups is 1. The van der Waals surface area contributed by atoms with Gasteiger partial charge in [-0.1, -0.05) is 24.9 Å². The molecule has 1 amide bonds. The van der Waals surface area contributed by atoms with Crippen LogP contribution >= 0.6 is 0 Å². The van der Waals surface area contributed by atoms with Crippen molar-refractivity contribution < 1.29 is 14.0 Å². The summed E-state index contributed by atoms with van der Waals surface area (Å²) in [6.45, 7) is 4.78. The number of rotatable bonds is 6. The minimum absolute atomic E-state index is 0.0327. The van der Waals surface area contributed by atoms with Crippen LogP contribution in [0.15, 0.2) is 25.2 Å². The summed E-state index contributed by atoms with van der Waals surface area (Å²) in [4.78, 5) is 49.3. The Bertz CT molecular complexity index is 998. The van der Waals surface area contributed by atoms with Crippen molar-refractivity contribution in [2.45, 2.75) is 52.4 Å². The predicted molar refractivity (Wildman–Crippen MR) is 104 cm³/mol. The first-order valence-electron chi connectivity index (χ1n) is 9.53. The molecule has 0 radical (unpaired) electrons. The Morgan fingerprint density at radius 2 is 2.07 bits per heavy atom. The monoisotopic (exact) mass is 388 g/mol. The highest BCUT2D eigenvalue weighted by atomic mass is 16.6. The second-order valence-electron chi connectivity index (χ2n) is 6.85. The Balaban J connectivity index is 1.80. The molecule has 1 aliphatic rings. The molecule has 0 aliphatic carbocycles. The maximum atomic E-state index is 12.5. The number of carbonyl (C=O) groups excluding carboxylic acids is 1. The molecule has 150 valence electrons. The summed E-state index contributed by atoms with van der Waals surface area (Å²) in [5.74, 6) is 0.0327. The van der Waals surface area contributed by atoms with E-state index in [1.807, 2.05) is 0 Å². The third-order valence-electron chi connectivity index (χ3n) is 4.77. The van der Waals surface area contributed by atoms with Gasteiger partial charge in [-0.2, -0.15) is 4.98 Å². The van der Waals surface area contributed by atoms with Crippen LogP contribution in [0.25, 0.3) is 11.1 Å². The van der Waals surface area contributed by atoms with Crippen LogP contribution in [-0.4, -0.2) is 39.6 Å². The van der Waals surface area contributed by atoms with E-state index in [2.05, 4.69) is 22.0 Å². The zero-order valence-corrected chi connectivity index (χ0v) is 16.1. The van der Waals surface area contributed by atoms with Gasteiger partial charge in [-0.05, 0) is 18.4 Å². The number of hydrogen-bond donors (Lipinski definition) is 1. The Morgan fingerprint density at radius 1 is 1.32 bits per heavy atom. The van der Waals surface area contributed by atoms with Crippen molar-refractivity contribution in [2.24, 2.45) is 5.16 Å². The molecule has 0 spiro atoms. The number of carbonyl (C=O) groups is 1. The molecular formula is C19H24N4O5. The van der Waals surface area contributed by atoms with E-state index in [-0.39, 0.29) is 23.0 Å². The van der Waals surface area contributed by atoms with Crippen LogP contribution in [0, 0.1) is 0 Å². The number of nitrogens with zero attached hydrogens (tertiary/aromatic N) is 3. The topological polar surface area (TPSA) is 118 Å². The number of hydrogen-bond acceptors (Lipinski definition) is 7. The minimum atomic E-state index is -0.550. The number of unbranched alkanes of at least 4 members (excludes halogenated alkanes) is 2. The van der Waals surface area contributed by atoms with Gasteiger partial charge in [0.15, 0.2) is 0 Å². The van der Waals surface area contributed by atoms with E-state index in [0.717, 1.165) is 25.0 Å². The lowest BCUT2D eigenvalue weighted by Gasteiger charge is -2.25. The van der Waals surface area contributed by atoms with Gasteiger partial charge < -0.3 is 14.2 Å². The van der Waals surface area contributed by atoms with E-state index < -0.39 is 11.2 Å². The lowest BCUT2D eigenvalue weighted by molar-refractivity contribution is -0.128. The highest BCUT2D eigenvalue weighted by Gasteiger charge is 2.18. The molecule has 2 aromatic heterocycles. The smallest absolute Gasteiger partial charge is 0.337 e. The molecule has 0 bridgehead atoms. The fourth-order valence-electron chi connectivity index (χ4n) is 3.21. The van der Waals surface area contributed by atoms with Gasteiger partial charge in [0.1, 0.15) is 5.39 Å². The third-order valence-corrected chi connectivity index (χ3v) is 4.77. The molecule has 0 unspecified atom stereocenters. The number of aromatic amines is 1. The fourth-order valence-corrected chi connectivity index (χ4v) is 3.21. The van der Waals surface area contributed by atoms with Gasteiger partial charge in [0.2, 0.25) is 11.6 Å². The second kappa shape index (κ2) is 8.81. The molecule has 28 heavy (non-hydrogen) atoms. The Kier molecular flexibility index (Phi) is 6.23. The molecule has 1 aliphatic heterocycles. The maximum absolute atomic E-state index is 12.5. The summed E-state index contributed by atoms with van der Waals surface area (Å²) in [5.41, 5.74) is 0.370. The molecule has 0 aromatic carbocycles. The lowest BCUT2D eigenvalue weighted by atomic mass is 10.1. The normalized spacial score (nSPS) is 14.4. The van der Waals surface area contributed by atoms with Gasteiger partial charge >= 0.3 is 11.6 Å². The predicted octanol–water partition coefficient (Wildman–Crippen LogP) is 1.99. The quantitative estimate of drug-likeness (QED) is 0.597. The lowest BCUT2D eigenvalue weighted by Crippen LogP contribution is -2.37. The van der Waals surface area contributed by atoms with Crippen LogP contribution < -0.4 is 16.0 Å². The zero-order valence-electron chi connectivity index (χ0n) is 16.1. The SMILES string of the molecule is CCCCCc1cc(=O)oc2nc(ON=C3CCN(C(C)=O)CC3)[nH]c(=O)c12. The number of fused-ring (bicyclic) bond motifs is 1. The average Bonchev–Trinajstić information content (AvgIpc) is 2.66. The van der Waals surface area contributed by atoms with Crippen molar-refractivity contribution in [2.75, 3.05) is 13.1 Å². The summed E-state index contributed by atoms with van der Waals surface area (Å²) in [6, 6.07) is 1.21. The van der Waals surface area contributed by atoms with E-state index in [1.165, 1.54) is 13.0 Å². The van der Waals surface area contributed by atoms with Gasteiger partial charge in [-0.3, -0.25) is 14.6 Å².